The number of carbonyl (C=O) groups is 2. The van der Waals surface area contributed by atoms with Gasteiger partial charge >= 0.3 is 6.03 Å². The van der Waals surface area contributed by atoms with E-state index in [1.165, 1.54) is 0 Å². The Morgan fingerprint density at radius 1 is 0.933 bits per heavy atom. The van der Waals surface area contributed by atoms with Crippen LogP contribution in [-0.4, -0.2) is 58.1 Å². The maximum Gasteiger partial charge on any atom is 0.323 e. The lowest BCUT2D eigenvalue weighted by atomic mass is 9.78. The number of benzene rings is 1. The Morgan fingerprint density at radius 2 is 1.67 bits per heavy atom. The van der Waals surface area contributed by atoms with E-state index in [9.17, 15) is 9.59 Å². The zero-order chi connectivity index (χ0) is 20.6. The standard InChI is InChI=1S/C22H26N6O2/c29-20(27-12-9-22(15-27)7-10-23-11-8-22)18-5-6-19(26-25-18)24-21(30)28-13-16-3-1-2-4-17(16)14-28/h1-6,23H,7-15H2,(H,24,26,30). The molecular weight excluding hydrogens is 380 g/mol. The molecule has 30 heavy (non-hydrogen) atoms. The Bertz CT molecular complexity index is 929. The van der Waals surface area contributed by atoms with Crippen molar-refractivity contribution in [3.8, 4) is 0 Å². The Balaban J connectivity index is 1.19. The third-order valence-electron chi connectivity index (χ3n) is 6.64. The molecule has 8 heteroatoms. The largest absolute Gasteiger partial charge is 0.337 e. The number of nitrogens with zero attached hydrogens (tertiary/aromatic N) is 4. The first-order valence-electron chi connectivity index (χ1n) is 10.6. The first kappa shape index (κ1) is 19.0. The molecule has 0 saturated carbocycles. The fourth-order valence-corrected chi connectivity index (χ4v) is 4.81. The number of piperidine rings is 1. The van der Waals surface area contributed by atoms with E-state index in [0.29, 0.717) is 24.6 Å². The summed E-state index contributed by atoms with van der Waals surface area (Å²) in [6.45, 7) is 4.78. The van der Waals surface area contributed by atoms with Crippen molar-refractivity contribution >= 4 is 17.8 Å². The normalized spacial score (nSPS) is 19.7. The van der Waals surface area contributed by atoms with Crippen molar-refractivity contribution in [3.05, 3.63) is 53.2 Å². The van der Waals surface area contributed by atoms with Crippen LogP contribution in [0.2, 0.25) is 0 Å². The lowest BCUT2D eigenvalue weighted by molar-refractivity contribution is 0.0755. The summed E-state index contributed by atoms with van der Waals surface area (Å²) >= 11 is 0. The maximum atomic E-state index is 12.9. The van der Waals surface area contributed by atoms with Crippen molar-refractivity contribution in [1.29, 1.82) is 0 Å². The van der Waals surface area contributed by atoms with Crippen LogP contribution in [0.25, 0.3) is 0 Å². The van der Waals surface area contributed by atoms with Gasteiger partial charge in [-0.05, 0) is 61.0 Å². The molecule has 0 unspecified atom stereocenters. The molecule has 5 rings (SSSR count). The number of anilines is 1. The van der Waals surface area contributed by atoms with Crippen molar-refractivity contribution in [2.45, 2.75) is 32.4 Å². The summed E-state index contributed by atoms with van der Waals surface area (Å²) < 4.78 is 0. The van der Waals surface area contributed by atoms with Crippen molar-refractivity contribution in [3.63, 3.8) is 0 Å². The topological polar surface area (TPSA) is 90.5 Å². The summed E-state index contributed by atoms with van der Waals surface area (Å²) in [7, 11) is 0. The van der Waals surface area contributed by atoms with Gasteiger partial charge in [-0.3, -0.25) is 10.1 Å². The summed E-state index contributed by atoms with van der Waals surface area (Å²) in [6, 6.07) is 11.1. The monoisotopic (exact) mass is 406 g/mol. The molecule has 2 N–H and O–H groups in total. The molecule has 1 aromatic carbocycles. The molecular formula is C22H26N6O2. The van der Waals surface area contributed by atoms with E-state index in [1.807, 2.05) is 29.2 Å². The maximum absolute atomic E-state index is 12.9. The van der Waals surface area contributed by atoms with Crippen LogP contribution in [-0.2, 0) is 13.1 Å². The second kappa shape index (κ2) is 7.68. The third kappa shape index (κ3) is 3.63. The molecule has 4 heterocycles. The van der Waals surface area contributed by atoms with Crippen LogP contribution in [0.15, 0.2) is 36.4 Å². The zero-order valence-electron chi connectivity index (χ0n) is 16.9. The number of fused-ring (bicyclic) bond motifs is 1. The lowest BCUT2D eigenvalue weighted by Gasteiger charge is -2.33. The van der Waals surface area contributed by atoms with Gasteiger partial charge in [-0.25, -0.2) is 4.79 Å². The summed E-state index contributed by atoms with van der Waals surface area (Å²) in [5.41, 5.74) is 2.91. The quantitative estimate of drug-likeness (QED) is 0.798. The molecule has 2 saturated heterocycles. The molecule has 0 atom stereocenters. The predicted octanol–water partition coefficient (Wildman–Crippen LogP) is 2.24. The van der Waals surface area contributed by atoms with E-state index in [-0.39, 0.29) is 17.4 Å². The molecule has 3 aliphatic heterocycles. The first-order chi connectivity index (χ1) is 14.6. The molecule has 156 valence electrons. The third-order valence-corrected chi connectivity index (χ3v) is 6.64. The highest BCUT2D eigenvalue weighted by molar-refractivity contribution is 5.93. The van der Waals surface area contributed by atoms with E-state index < -0.39 is 0 Å². The summed E-state index contributed by atoms with van der Waals surface area (Å²) in [6.07, 6.45) is 3.29. The van der Waals surface area contributed by atoms with E-state index >= 15 is 0 Å². The molecule has 2 fully saturated rings. The summed E-state index contributed by atoms with van der Waals surface area (Å²) in [5.74, 6) is 0.273. The number of rotatable bonds is 2. The summed E-state index contributed by atoms with van der Waals surface area (Å²) in [5, 5.41) is 14.3. The molecule has 1 aromatic heterocycles. The molecule has 1 spiro atoms. The van der Waals surface area contributed by atoms with E-state index in [1.54, 1.807) is 17.0 Å². The highest BCUT2D eigenvalue weighted by Gasteiger charge is 2.41. The highest BCUT2D eigenvalue weighted by Crippen LogP contribution is 2.38. The number of amides is 3. The number of urea groups is 1. The molecule has 0 aliphatic carbocycles. The van der Waals surface area contributed by atoms with Gasteiger partial charge in [0.2, 0.25) is 0 Å². The molecule has 0 bridgehead atoms. The minimum atomic E-state index is -0.216. The van der Waals surface area contributed by atoms with E-state index in [0.717, 1.165) is 56.6 Å². The predicted molar refractivity (Wildman–Crippen MR) is 112 cm³/mol. The fourth-order valence-electron chi connectivity index (χ4n) is 4.81. The van der Waals surface area contributed by atoms with Crippen molar-refractivity contribution in [1.82, 2.24) is 25.3 Å². The van der Waals surface area contributed by atoms with Crippen LogP contribution in [0.5, 0.6) is 0 Å². The number of nitrogens with one attached hydrogen (secondary N) is 2. The van der Waals surface area contributed by atoms with Crippen LogP contribution < -0.4 is 10.6 Å². The van der Waals surface area contributed by atoms with Gasteiger partial charge in [-0.1, -0.05) is 24.3 Å². The molecule has 0 radical (unpaired) electrons. The Labute approximate surface area is 175 Å². The van der Waals surface area contributed by atoms with Gasteiger partial charge in [-0.15, -0.1) is 10.2 Å². The Morgan fingerprint density at radius 3 is 2.33 bits per heavy atom. The molecule has 3 amide bonds. The number of likely N-dealkylation sites (tertiary alicyclic amines) is 1. The van der Waals surface area contributed by atoms with Crippen molar-refractivity contribution < 1.29 is 9.59 Å². The zero-order valence-corrected chi connectivity index (χ0v) is 16.9. The second-order valence-electron chi connectivity index (χ2n) is 8.59. The Kier molecular flexibility index (Phi) is 4.86. The minimum absolute atomic E-state index is 0.0780. The number of carbonyl (C=O) groups excluding carboxylic acids is 2. The fraction of sp³-hybridized carbons (Fsp3) is 0.455. The van der Waals surface area contributed by atoms with E-state index in [2.05, 4.69) is 20.8 Å². The number of hydrogen-bond acceptors (Lipinski definition) is 5. The average Bonchev–Trinajstić information content (AvgIpc) is 3.39. The summed E-state index contributed by atoms with van der Waals surface area (Å²) in [4.78, 5) is 29.0. The first-order valence-corrected chi connectivity index (χ1v) is 10.6. The van der Waals surface area contributed by atoms with Crippen LogP contribution in [0.4, 0.5) is 10.6 Å². The van der Waals surface area contributed by atoms with Gasteiger partial charge in [0.25, 0.3) is 5.91 Å². The van der Waals surface area contributed by atoms with E-state index in [4.69, 9.17) is 0 Å². The van der Waals surface area contributed by atoms with Gasteiger partial charge in [-0.2, -0.15) is 0 Å². The van der Waals surface area contributed by atoms with Gasteiger partial charge in [0.15, 0.2) is 11.5 Å². The average molecular weight is 406 g/mol. The molecule has 8 nitrogen and oxygen atoms in total. The SMILES string of the molecule is O=C(Nc1ccc(C(=O)N2CCC3(CCNCC3)C2)nn1)N1Cc2ccccc2C1. The molecule has 3 aliphatic rings. The van der Waals surface area contributed by atoms with Gasteiger partial charge in [0.1, 0.15) is 0 Å². The van der Waals surface area contributed by atoms with Crippen molar-refractivity contribution in [2.24, 2.45) is 5.41 Å². The van der Waals surface area contributed by atoms with Crippen molar-refractivity contribution in [2.75, 3.05) is 31.5 Å². The number of aromatic nitrogens is 2. The second-order valence-corrected chi connectivity index (χ2v) is 8.59. The smallest absolute Gasteiger partial charge is 0.323 e. The van der Waals surface area contributed by atoms with Crippen LogP contribution in [0, 0.1) is 5.41 Å². The lowest BCUT2D eigenvalue weighted by Crippen LogP contribution is -2.40. The van der Waals surface area contributed by atoms with Gasteiger partial charge < -0.3 is 15.1 Å². The van der Waals surface area contributed by atoms with Gasteiger partial charge in [0.05, 0.1) is 0 Å². The molecule has 2 aromatic rings. The van der Waals surface area contributed by atoms with Crippen LogP contribution in [0.1, 0.15) is 40.9 Å². The minimum Gasteiger partial charge on any atom is -0.337 e. The Hall–Kier alpha value is -3.00. The van der Waals surface area contributed by atoms with Crippen LogP contribution >= 0.6 is 0 Å². The number of hydrogen-bond donors (Lipinski definition) is 2. The van der Waals surface area contributed by atoms with Crippen LogP contribution in [0.3, 0.4) is 0 Å². The highest BCUT2D eigenvalue weighted by atomic mass is 16.2. The van der Waals surface area contributed by atoms with Gasteiger partial charge in [0, 0.05) is 26.2 Å².